The number of carbonyl (C=O) groups is 1. The number of rotatable bonds is 8. The molecular formula is C18H26F2N2O3. The molecule has 1 amide bonds. The molecule has 0 saturated carbocycles. The van der Waals surface area contributed by atoms with Gasteiger partial charge in [-0.05, 0) is 24.9 Å². The van der Waals surface area contributed by atoms with Crippen LogP contribution in [0.1, 0.15) is 25.3 Å². The molecular weight excluding hydrogens is 330 g/mol. The van der Waals surface area contributed by atoms with Crippen molar-refractivity contribution < 1.29 is 23.8 Å². The lowest BCUT2D eigenvalue weighted by Crippen LogP contribution is -2.48. The summed E-state index contributed by atoms with van der Waals surface area (Å²) in [5.41, 5.74) is 1.10. The number of hydrogen-bond donors (Lipinski definition) is 3. The summed E-state index contributed by atoms with van der Waals surface area (Å²) < 4.78 is 26.8. The molecule has 0 radical (unpaired) electrons. The Morgan fingerprint density at radius 1 is 1.24 bits per heavy atom. The lowest BCUT2D eigenvalue weighted by molar-refractivity contribution is -0.121. The second kappa shape index (κ2) is 9.22. The first-order valence-corrected chi connectivity index (χ1v) is 8.66. The van der Waals surface area contributed by atoms with Crippen LogP contribution in [0.3, 0.4) is 0 Å². The van der Waals surface area contributed by atoms with Gasteiger partial charge in [-0.1, -0.05) is 37.3 Å². The van der Waals surface area contributed by atoms with Gasteiger partial charge in [-0.2, -0.15) is 0 Å². The summed E-state index contributed by atoms with van der Waals surface area (Å²) in [7, 11) is 0. The number of amides is 1. The van der Waals surface area contributed by atoms with E-state index in [1.54, 1.807) is 6.92 Å². The van der Waals surface area contributed by atoms with Crippen molar-refractivity contribution in [2.75, 3.05) is 13.1 Å². The third-order valence-electron chi connectivity index (χ3n) is 4.72. The Morgan fingerprint density at radius 3 is 2.52 bits per heavy atom. The van der Waals surface area contributed by atoms with E-state index in [-0.39, 0.29) is 18.9 Å². The normalized spacial score (nSPS) is 27.0. The monoisotopic (exact) mass is 356 g/mol. The number of benzene rings is 1. The summed E-state index contributed by atoms with van der Waals surface area (Å²) in [4.78, 5) is 12.9. The number of nitrogens with zero attached hydrogens (tertiary/aromatic N) is 1. The maximum Gasteiger partial charge on any atom is 0.256 e. The van der Waals surface area contributed by atoms with Gasteiger partial charge in [0.1, 0.15) is 12.1 Å². The van der Waals surface area contributed by atoms with Crippen molar-refractivity contribution >= 4 is 5.91 Å². The van der Waals surface area contributed by atoms with Gasteiger partial charge in [0, 0.05) is 13.0 Å². The molecule has 0 spiro atoms. The summed E-state index contributed by atoms with van der Waals surface area (Å²) in [5.74, 6) is -0.216. The lowest BCUT2D eigenvalue weighted by atomic mass is 10.1. The predicted molar refractivity (Wildman–Crippen MR) is 90.4 cm³/mol. The lowest BCUT2D eigenvalue weighted by Gasteiger charge is -2.30. The van der Waals surface area contributed by atoms with Gasteiger partial charge >= 0.3 is 0 Å². The van der Waals surface area contributed by atoms with Crippen LogP contribution in [-0.2, 0) is 11.2 Å². The molecule has 0 unspecified atom stereocenters. The molecule has 1 aliphatic rings. The van der Waals surface area contributed by atoms with Crippen molar-refractivity contribution in [1.29, 1.82) is 0 Å². The molecule has 5 nitrogen and oxygen atoms in total. The Labute approximate surface area is 146 Å². The first-order chi connectivity index (χ1) is 12.0. The van der Waals surface area contributed by atoms with Crippen molar-refractivity contribution in [3.63, 3.8) is 0 Å². The third-order valence-corrected chi connectivity index (χ3v) is 4.72. The summed E-state index contributed by atoms with van der Waals surface area (Å²) in [6.07, 6.45) is -4.00. The molecule has 0 aliphatic carbocycles. The molecule has 4 atom stereocenters. The number of carbonyl (C=O) groups excluding carboxylic acids is 1. The minimum Gasteiger partial charge on any atom is -0.389 e. The van der Waals surface area contributed by atoms with E-state index in [1.165, 1.54) is 4.90 Å². The van der Waals surface area contributed by atoms with E-state index < -0.39 is 30.7 Å². The SMILES string of the molecule is CCC(=O)NC[C@@H]1[C@@H](O)[C@H](O)[C@@H](C(F)F)N1CCCc1ccccc1. The Bertz CT molecular complexity index is 544. The molecule has 0 bridgehead atoms. The first kappa shape index (κ1) is 19.8. The zero-order valence-electron chi connectivity index (χ0n) is 14.3. The van der Waals surface area contributed by atoms with Crippen molar-refractivity contribution in [2.45, 2.75) is 56.9 Å². The molecule has 1 heterocycles. The summed E-state index contributed by atoms with van der Waals surface area (Å²) >= 11 is 0. The van der Waals surface area contributed by atoms with Gasteiger partial charge < -0.3 is 15.5 Å². The van der Waals surface area contributed by atoms with Crippen LogP contribution in [0, 0.1) is 0 Å². The van der Waals surface area contributed by atoms with Gasteiger partial charge in [0.05, 0.1) is 12.1 Å². The molecule has 1 fully saturated rings. The number of aliphatic hydroxyl groups excluding tert-OH is 2. The second-order valence-electron chi connectivity index (χ2n) is 6.36. The fourth-order valence-electron chi connectivity index (χ4n) is 3.34. The van der Waals surface area contributed by atoms with Gasteiger partial charge in [-0.15, -0.1) is 0 Å². The number of aliphatic hydroxyl groups is 2. The predicted octanol–water partition coefficient (Wildman–Crippen LogP) is 1.19. The zero-order valence-corrected chi connectivity index (χ0v) is 14.3. The van der Waals surface area contributed by atoms with Crippen LogP contribution >= 0.6 is 0 Å². The van der Waals surface area contributed by atoms with Crippen LogP contribution in [0.5, 0.6) is 0 Å². The standard InChI is InChI=1S/C18H26F2N2O3/c1-2-14(23)21-11-13-16(24)17(25)15(18(19)20)22(13)10-6-9-12-7-4-3-5-8-12/h3-5,7-8,13,15-18,24-25H,2,6,9-11H2,1H3,(H,21,23)/t13-,15+,16-,17-/m1/s1. The molecule has 1 aromatic carbocycles. The Hall–Kier alpha value is -1.57. The molecule has 7 heteroatoms. The van der Waals surface area contributed by atoms with Crippen LogP contribution in [0.2, 0.25) is 0 Å². The van der Waals surface area contributed by atoms with Crippen molar-refractivity contribution in [3.8, 4) is 0 Å². The van der Waals surface area contributed by atoms with Crippen LogP contribution in [0.4, 0.5) is 8.78 Å². The van der Waals surface area contributed by atoms with E-state index in [0.717, 1.165) is 5.56 Å². The molecule has 1 aromatic rings. The molecule has 3 N–H and O–H groups in total. The van der Waals surface area contributed by atoms with Crippen molar-refractivity contribution in [2.24, 2.45) is 0 Å². The van der Waals surface area contributed by atoms with Crippen LogP contribution < -0.4 is 5.32 Å². The minimum atomic E-state index is -2.77. The van der Waals surface area contributed by atoms with Crippen LogP contribution in [-0.4, -0.2) is 64.8 Å². The molecule has 140 valence electrons. The highest BCUT2D eigenvalue weighted by molar-refractivity contribution is 5.75. The maximum absolute atomic E-state index is 13.4. The Morgan fingerprint density at radius 2 is 1.92 bits per heavy atom. The van der Waals surface area contributed by atoms with Gasteiger partial charge in [-0.3, -0.25) is 9.69 Å². The highest BCUT2D eigenvalue weighted by atomic mass is 19.3. The van der Waals surface area contributed by atoms with Crippen molar-refractivity contribution in [3.05, 3.63) is 35.9 Å². The molecule has 1 saturated heterocycles. The second-order valence-corrected chi connectivity index (χ2v) is 6.36. The summed E-state index contributed by atoms with van der Waals surface area (Å²) in [6.45, 7) is 2.04. The molecule has 1 aliphatic heterocycles. The van der Waals surface area contributed by atoms with E-state index in [2.05, 4.69) is 5.32 Å². The fourth-order valence-corrected chi connectivity index (χ4v) is 3.34. The summed E-state index contributed by atoms with van der Waals surface area (Å²) in [5, 5.41) is 22.8. The Balaban J connectivity index is 2.02. The fraction of sp³-hybridized carbons (Fsp3) is 0.611. The molecule has 2 rings (SSSR count). The van der Waals surface area contributed by atoms with Gasteiger partial charge in [-0.25, -0.2) is 8.78 Å². The number of likely N-dealkylation sites (tertiary alicyclic amines) is 1. The van der Waals surface area contributed by atoms with E-state index in [0.29, 0.717) is 19.4 Å². The quantitative estimate of drug-likeness (QED) is 0.654. The first-order valence-electron chi connectivity index (χ1n) is 8.66. The largest absolute Gasteiger partial charge is 0.389 e. The Kier molecular flexibility index (Phi) is 7.28. The number of aryl methyl sites for hydroxylation is 1. The number of hydrogen-bond acceptors (Lipinski definition) is 4. The van der Waals surface area contributed by atoms with Crippen LogP contribution in [0.15, 0.2) is 30.3 Å². The number of alkyl halides is 2. The van der Waals surface area contributed by atoms with Crippen molar-refractivity contribution in [1.82, 2.24) is 10.2 Å². The smallest absolute Gasteiger partial charge is 0.256 e. The zero-order chi connectivity index (χ0) is 18.4. The summed E-state index contributed by atoms with van der Waals surface area (Å²) in [6, 6.07) is 7.55. The average molecular weight is 356 g/mol. The van der Waals surface area contributed by atoms with Gasteiger partial charge in [0.2, 0.25) is 5.91 Å². The highest BCUT2D eigenvalue weighted by Gasteiger charge is 2.51. The molecule has 25 heavy (non-hydrogen) atoms. The van der Waals surface area contributed by atoms with Gasteiger partial charge in [0.25, 0.3) is 6.43 Å². The maximum atomic E-state index is 13.4. The highest BCUT2D eigenvalue weighted by Crippen LogP contribution is 2.29. The average Bonchev–Trinajstić information content (AvgIpc) is 2.84. The van der Waals surface area contributed by atoms with E-state index >= 15 is 0 Å². The molecule has 0 aromatic heterocycles. The third kappa shape index (κ3) is 4.96. The topological polar surface area (TPSA) is 72.8 Å². The van der Waals surface area contributed by atoms with E-state index in [9.17, 15) is 23.8 Å². The van der Waals surface area contributed by atoms with E-state index in [4.69, 9.17) is 0 Å². The minimum absolute atomic E-state index is 0.0411. The van der Waals surface area contributed by atoms with Gasteiger partial charge in [0.15, 0.2) is 0 Å². The number of halogens is 2. The van der Waals surface area contributed by atoms with Crippen LogP contribution in [0.25, 0.3) is 0 Å². The number of nitrogens with one attached hydrogen (secondary N) is 1. The van der Waals surface area contributed by atoms with E-state index in [1.807, 2.05) is 30.3 Å².